The van der Waals surface area contributed by atoms with Crippen LogP contribution in [0.5, 0.6) is 0 Å². The van der Waals surface area contributed by atoms with Crippen molar-refractivity contribution in [3.63, 3.8) is 0 Å². The molecule has 1 fully saturated rings. The largest absolute Gasteiger partial charge is 0.347 e. The molecule has 0 unspecified atom stereocenters. The molecule has 0 atom stereocenters. The summed E-state index contributed by atoms with van der Waals surface area (Å²) in [5.41, 5.74) is 3.39. The summed E-state index contributed by atoms with van der Waals surface area (Å²) >= 11 is 13.7. The first-order valence-corrected chi connectivity index (χ1v) is 11.4. The summed E-state index contributed by atoms with van der Waals surface area (Å²) in [6, 6.07) is 7.33. The van der Waals surface area contributed by atoms with Crippen LogP contribution in [0.25, 0.3) is 16.3 Å². The predicted molar refractivity (Wildman–Crippen MR) is 120 cm³/mol. The number of hydrogen-bond donors (Lipinski definition) is 0. The molecular weight excluding hydrogens is 425 g/mol. The Kier molecular flexibility index (Phi) is 4.69. The number of aromatic nitrogens is 1. The Morgan fingerprint density at radius 1 is 0.966 bits per heavy atom. The van der Waals surface area contributed by atoms with Crippen molar-refractivity contribution in [2.24, 2.45) is 7.05 Å². The molecule has 0 saturated heterocycles. The quantitative estimate of drug-likeness (QED) is 0.314. The van der Waals surface area contributed by atoms with E-state index in [0.29, 0.717) is 17.0 Å². The average Bonchev–Trinajstić information content (AvgIpc) is 3.32. The summed E-state index contributed by atoms with van der Waals surface area (Å²) in [5.74, 6) is 0.0602. The second kappa shape index (κ2) is 7.12. The van der Waals surface area contributed by atoms with E-state index in [1.807, 2.05) is 0 Å². The summed E-state index contributed by atoms with van der Waals surface area (Å²) in [5, 5.41) is 0.565. The van der Waals surface area contributed by atoms with Gasteiger partial charge in [0.05, 0.1) is 25.8 Å². The maximum absolute atomic E-state index is 12.8. The van der Waals surface area contributed by atoms with Gasteiger partial charge in [-0.1, -0.05) is 42.5 Å². The van der Waals surface area contributed by atoms with Crippen molar-refractivity contribution in [2.45, 2.75) is 38.0 Å². The van der Waals surface area contributed by atoms with Gasteiger partial charge < -0.3 is 4.57 Å². The van der Waals surface area contributed by atoms with Gasteiger partial charge in [0.2, 0.25) is 0 Å². The number of thiophene rings is 1. The lowest BCUT2D eigenvalue weighted by molar-refractivity contribution is 0.0990. The van der Waals surface area contributed by atoms with E-state index >= 15 is 0 Å². The molecule has 6 heteroatoms. The minimum Gasteiger partial charge on any atom is -0.347 e. The molecule has 1 saturated carbocycles. The van der Waals surface area contributed by atoms with Crippen LogP contribution in [-0.4, -0.2) is 16.1 Å². The molecule has 2 heterocycles. The van der Waals surface area contributed by atoms with Gasteiger partial charge in [0, 0.05) is 28.7 Å². The van der Waals surface area contributed by atoms with Crippen molar-refractivity contribution < 1.29 is 9.59 Å². The fourth-order valence-electron chi connectivity index (χ4n) is 4.60. The number of benzene rings is 1. The van der Waals surface area contributed by atoms with Crippen LogP contribution in [0.1, 0.15) is 69.3 Å². The van der Waals surface area contributed by atoms with Crippen molar-refractivity contribution in [3.05, 3.63) is 61.6 Å². The van der Waals surface area contributed by atoms with Crippen LogP contribution in [0.4, 0.5) is 0 Å². The second-order valence-electron chi connectivity index (χ2n) is 7.89. The fraction of sp³-hybridized carbons (Fsp3) is 0.304. The lowest BCUT2D eigenvalue weighted by Gasteiger charge is -2.22. The highest BCUT2D eigenvalue weighted by Crippen LogP contribution is 2.39. The van der Waals surface area contributed by atoms with Gasteiger partial charge in [-0.25, -0.2) is 0 Å². The molecule has 0 radical (unpaired) electrons. The van der Waals surface area contributed by atoms with Crippen LogP contribution >= 0.6 is 34.5 Å². The molecule has 0 spiro atoms. The molecule has 0 bridgehead atoms. The Balaban J connectivity index is 1.51. The summed E-state index contributed by atoms with van der Waals surface area (Å²) in [6.07, 6.45) is 8.17. The van der Waals surface area contributed by atoms with E-state index < -0.39 is 0 Å². The molecule has 2 aromatic heterocycles. The normalized spacial score (nSPS) is 17.4. The van der Waals surface area contributed by atoms with E-state index in [-0.39, 0.29) is 27.2 Å². The minimum atomic E-state index is -0.288. The number of hydrogen-bond acceptors (Lipinski definition) is 3. The monoisotopic (exact) mass is 443 g/mol. The van der Waals surface area contributed by atoms with Crippen LogP contribution < -0.4 is 0 Å². The van der Waals surface area contributed by atoms with Crippen LogP contribution in [0.15, 0.2) is 29.8 Å². The number of allylic oxidation sites excluding steroid dienone is 1. The molecule has 29 heavy (non-hydrogen) atoms. The molecule has 1 aromatic carbocycles. The summed E-state index contributed by atoms with van der Waals surface area (Å²) < 4.78 is 3.47. The molecule has 2 aliphatic rings. The number of nitrogens with zero attached hydrogens (tertiary/aromatic N) is 1. The Bertz CT molecular complexity index is 1170. The van der Waals surface area contributed by atoms with Gasteiger partial charge in [-0.3, -0.25) is 9.59 Å². The predicted octanol–water partition coefficient (Wildman–Crippen LogP) is 7.06. The SMILES string of the molecule is Cn1c(C2CCCCC2)cc2sc(C=C3C(=O)c4cc(Cl)c(Cl)cc4C3=O)cc21. The number of carbonyl (C=O) groups excluding carboxylic acids is 2. The summed E-state index contributed by atoms with van der Waals surface area (Å²) in [4.78, 5) is 26.4. The smallest absolute Gasteiger partial charge is 0.197 e. The molecule has 148 valence electrons. The van der Waals surface area contributed by atoms with Gasteiger partial charge in [0.25, 0.3) is 0 Å². The molecule has 0 amide bonds. The third-order valence-electron chi connectivity index (χ3n) is 6.14. The number of halogens is 2. The zero-order valence-corrected chi connectivity index (χ0v) is 18.3. The zero-order chi connectivity index (χ0) is 20.3. The lowest BCUT2D eigenvalue weighted by atomic mass is 9.87. The number of ketones is 2. The van der Waals surface area contributed by atoms with Gasteiger partial charge in [-0.05, 0) is 49.1 Å². The maximum Gasteiger partial charge on any atom is 0.197 e. The topological polar surface area (TPSA) is 39.1 Å². The molecule has 2 aliphatic carbocycles. The van der Waals surface area contributed by atoms with E-state index in [4.69, 9.17) is 23.2 Å². The fourth-order valence-corrected chi connectivity index (χ4v) is 6.01. The molecule has 0 aliphatic heterocycles. The molecule has 3 nitrogen and oxygen atoms in total. The first-order valence-electron chi connectivity index (χ1n) is 9.83. The molecular formula is C23H19Cl2NO2S. The third kappa shape index (κ3) is 3.09. The van der Waals surface area contributed by atoms with Gasteiger partial charge in [0.15, 0.2) is 11.6 Å². The maximum atomic E-state index is 12.8. The van der Waals surface area contributed by atoms with E-state index in [0.717, 1.165) is 10.4 Å². The Hall–Kier alpha value is -1.88. The molecule has 5 rings (SSSR count). The van der Waals surface area contributed by atoms with E-state index in [1.54, 1.807) is 17.4 Å². The van der Waals surface area contributed by atoms with E-state index in [1.165, 1.54) is 54.6 Å². The first-order chi connectivity index (χ1) is 13.9. The van der Waals surface area contributed by atoms with Crippen LogP contribution in [0.2, 0.25) is 10.0 Å². The zero-order valence-electron chi connectivity index (χ0n) is 15.9. The van der Waals surface area contributed by atoms with E-state index in [2.05, 4.69) is 23.7 Å². The second-order valence-corrected chi connectivity index (χ2v) is 9.82. The lowest BCUT2D eigenvalue weighted by Crippen LogP contribution is -2.08. The standard InChI is InChI=1S/C23H19Cl2NO2S/c1-26-19(12-5-3-2-4-6-12)11-21-20(26)8-13(29-21)7-16-22(27)14-9-17(24)18(25)10-15(14)23(16)28/h7-12H,2-6H2,1H3. The van der Waals surface area contributed by atoms with Gasteiger partial charge in [-0.15, -0.1) is 11.3 Å². The van der Waals surface area contributed by atoms with Crippen LogP contribution in [-0.2, 0) is 7.05 Å². The number of aryl methyl sites for hydroxylation is 1. The first kappa shape index (κ1) is 19.1. The van der Waals surface area contributed by atoms with Gasteiger partial charge in [-0.2, -0.15) is 0 Å². The van der Waals surface area contributed by atoms with Crippen molar-refractivity contribution in [1.29, 1.82) is 0 Å². The number of carbonyl (C=O) groups is 2. The Labute approximate surface area is 182 Å². The molecule has 0 N–H and O–H groups in total. The minimum absolute atomic E-state index is 0.178. The number of Topliss-reactive ketones (excluding diaryl/α,β-unsaturated/α-hetero) is 2. The van der Waals surface area contributed by atoms with Gasteiger partial charge in [0.1, 0.15) is 0 Å². The highest BCUT2D eigenvalue weighted by atomic mass is 35.5. The number of rotatable bonds is 2. The van der Waals surface area contributed by atoms with Crippen molar-refractivity contribution in [3.8, 4) is 0 Å². The van der Waals surface area contributed by atoms with Crippen LogP contribution in [0.3, 0.4) is 0 Å². The summed E-state index contributed by atoms with van der Waals surface area (Å²) in [7, 11) is 2.11. The highest BCUT2D eigenvalue weighted by Gasteiger charge is 2.34. The van der Waals surface area contributed by atoms with E-state index in [9.17, 15) is 9.59 Å². The van der Waals surface area contributed by atoms with Crippen LogP contribution in [0, 0.1) is 0 Å². The third-order valence-corrected chi connectivity index (χ3v) is 7.88. The Morgan fingerprint density at radius 2 is 1.59 bits per heavy atom. The highest BCUT2D eigenvalue weighted by molar-refractivity contribution is 7.19. The van der Waals surface area contributed by atoms with Crippen molar-refractivity contribution >= 4 is 62.4 Å². The van der Waals surface area contributed by atoms with Gasteiger partial charge >= 0.3 is 0 Å². The molecule has 3 aromatic rings. The summed E-state index contributed by atoms with van der Waals surface area (Å²) in [6.45, 7) is 0. The Morgan fingerprint density at radius 3 is 2.17 bits per heavy atom. The van der Waals surface area contributed by atoms with Crippen molar-refractivity contribution in [2.75, 3.05) is 0 Å². The number of fused-ring (bicyclic) bond motifs is 2. The average molecular weight is 444 g/mol. The van der Waals surface area contributed by atoms with Crippen molar-refractivity contribution in [1.82, 2.24) is 4.57 Å².